The molecule has 0 bridgehead atoms. The number of hydrogen-bond acceptors (Lipinski definition) is 3. The maximum Gasteiger partial charge on any atom is 0.123 e. The summed E-state index contributed by atoms with van der Waals surface area (Å²) >= 11 is 1.73. The summed E-state index contributed by atoms with van der Waals surface area (Å²) < 4.78 is 18.8. The van der Waals surface area contributed by atoms with E-state index < -0.39 is 0 Å². The van der Waals surface area contributed by atoms with E-state index in [0.717, 1.165) is 17.9 Å². The predicted octanol–water partition coefficient (Wildman–Crippen LogP) is 4.68. The number of benzene rings is 1. The number of halogens is 1. The van der Waals surface area contributed by atoms with E-state index in [-0.39, 0.29) is 5.82 Å². The van der Waals surface area contributed by atoms with Gasteiger partial charge in [-0.2, -0.15) is 0 Å². The van der Waals surface area contributed by atoms with Gasteiger partial charge in [0.1, 0.15) is 11.6 Å². The second kappa shape index (κ2) is 6.70. The molecule has 0 spiro atoms. The van der Waals surface area contributed by atoms with Crippen LogP contribution in [0.1, 0.15) is 16.2 Å². The first-order valence-corrected chi connectivity index (χ1v) is 7.69. The van der Waals surface area contributed by atoms with Gasteiger partial charge in [-0.15, -0.1) is 11.3 Å². The fraction of sp³-hybridized carbons (Fsp3) is 0.176. The van der Waals surface area contributed by atoms with Crippen LogP contribution in [0.25, 0.3) is 0 Å². The zero-order chi connectivity index (χ0) is 14.5. The molecule has 2 aromatic heterocycles. The Balaban J connectivity index is 1.74. The molecule has 3 rings (SSSR count). The van der Waals surface area contributed by atoms with E-state index in [1.165, 1.54) is 10.9 Å². The van der Waals surface area contributed by atoms with E-state index in [1.54, 1.807) is 29.7 Å². The van der Waals surface area contributed by atoms with Crippen LogP contribution in [0.15, 0.2) is 64.6 Å². The van der Waals surface area contributed by atoms with Crippen LogP contribution in [0.2, 0.25) is 0 Å². The van der Waals surface area contributed by atoms with Crippen molar-refractivity contribution in [1.29, 1.82) is 0 Å². The van der Waals surface area contributed by atoms with Crippen molar-refractivity contribution in [2.45, 2.75) is 19.6 Å². The monoisotopic (exact) mass is 301 g/mol. The van der Waals surface area contributed by atoms with Crippen LogP contribution < -0.4 is 0 Å². The van der Waals surface area contributed by atoms with Gasteiger partial charge in [0.25, 0.3) is 0 Å². The normalized spacial score (nSPS) is 11.1. The highest BCUT2D eigenvalue weighted by atomic mass is 32.1. The van der Waals surface area contributed by atoms with Gasteiger partial charge in [-0.1, -0.05) is 18.2 Å². The molecular formula is C17H16FNOS. The molecule has 21 heavy (non-hydrogen) atoms. The van der Waals surface area contributed by atoms with E-state index in [1.807, 2.05) is 24.3 Å². The van der Waals surface area contributed by atoms with Crippen molar-refractivity contribution >= 4 is 11.3 Å². The third-order valence-electron chi connectivity index (χ3n) is 3.21. The molecule has 0 radical (unpaired) electrons. The minimum atomic E-state index is -0.193. The highest BCUT2D eigenvalue weighted by molar-refractivity contribution is 7.09. The molecule has 2 heterocycles. The summed E-state index contributed by atoms with van der Waals surface area (Å²) in [5.41, 5.74) is 0.970. The highest BCUT2D eigenvalue weighted by Crippen LogP contribution is 2.17. The molecule has 0 atom stereocenters. The van der Waals surface area contributed by atoms with Crippen LogP contribution in [0.5, 0.6) is 0 Å². The Bertz CT molecular complexity index is 628. The zero-order valence-corrected chi connectivity index (χ0v) is 12.4. The van der Waals surface area contributed by atoms with Crippen LogP contribution >= 0.6 is 11.3 Å². The van der Waals surface area contributed by atoms with Crippen LogP contribution in [-0.2, 0) is 19.6 Å². The molecule has 108 valence electrons. The highest BCUT2D eigenvalue weighted by Gasteiger charge is 2.11. The predicted molar refractivity (Wildman–Crippen MR) is 82.4 cm³/mol. The van der Waals surface area contributed by atoms with Gasteiger partial charge in [0.15, 0.2) is 0 Å². The Hall–Kier alpha value is -1.91. The van der Waals surface area contributed by atoms with Gasteiger partial charge in [-0.3, -0.25) is 4.90 Å². The first-order valence-electron chi connectivity index (χ1n) is 6.81. The second-order valence-corrected chi connectivity index (χ2v) is 5.97. The van der Waals surface area contributed by atoms with E-state index >= 15 is 0 Å². The van der Waals surface area contributed by atoms with Crippen molar-refractivity contribution in [3.8, 4) is 0 Å². The number of nitrogens with zero attached hydrogens (tertiary/aromatic N) is 1. The first-order chi connectivity index (χ1) is 10.3. The molecule has 0 N–H and O–H groups in total. The largest absolute Gasteiger partial charge is 0.468 e. The molecular weight excluding hydrogens is 285 g/mol. The average molecular weight is 301 g/mol. The Labute approximate surface area is 127 Å². The molecule has 0 unspecified atom stereocenters. The summed E-state index contributed by atoms with van der Waals surface area (Å²) in [7, 11) is 0. The lowest BCUT2D eigenvalue weighted by atomic mass is 10.2. The lowest BCUT2D eigenvalue weighted by Crippen LogP contribution is -2.21. The maximum absolute atomic E-state index is 13.3. The molecule has 0 saturated heterocycles. The van der Waals surface area contributed by atoms with Gasteiger partial charge in [0, 0.05) is 18.0 Å². The fourth-order valence-electron chi connectivity index (χ4n) is 2.31. The molecule has 1 aromatic carbocycles. The summed E-state index contributed by atoms with van der Waals surface area (Å²) in [6.45, 7) is 2.23. The first kappa shape index (κ1) is 14.0. The lowest BCUT2D eigenvalue weighted by Gasteiger charge is -2.20. The zero-order valence-electron chi connectivity index (χ0n) is 11.5. The van der Waals surface area contributed by atoms with E-state index in [9.17, 15) is 4.39 Å². The number of rotatable bonds is 6. The van der Waals surface area contributed by atoms with Gasteiger partial charge in [-0.05, 0) is 41.3 Å². The SMILES string of the molecule is Fc1cccc(CN(Cc2ccco2)Cc2cccs2)c1. The van der Waals surface area contributed by atoms with Gasteiger partial charge in [-0.25, -0.2) is 4.39 Å². The summed E-state index contributed by atoms with van der Waals surface area (Å²) in [5, 5.41) is 2.07. The van der Waals surface area contributed by atoms with Gasteiger partial charge < -0.3 is 4.42 Å². The summed E-state index contributed by atoms with van der Waals surface area (Å²) in [6, 6.07) is 14.8. The fourth-order valence-corrected chi connectivity index (χ4v) is 3.05. The van der Waals surface area contributed by atoms with Crippen molar-refractivity contribution in [2.75, 3.05) is 0 Å². The molecule has 0 aliphatic rings. The number of thiophene rings is 1. The minimum Gasteiger partial charge on any atom is -0.468 e. The van der Waals surface area contributed by atoms with Crippen molar-refractivity contribution in [3.05, 3.63) is 82.2 Å². The van der Waals surface area contributed by atoms with Crippen LogP contribution in [0, 0.1) is 5.82 Å². The van der Waals surface area contributed by atoms with Crippen molar-refractivity contribution < 1.29 is 8.81 Å². The number of furan rings is 1. The van der Waals surface area contributed by atoms with Crippen LogP contribution in [0.4, 0.5) is 4.39 Å². The molecule has 0 aliphatic heterocycles. The van der Waals surface area contributed by atoms with Crippen molar-refractivity contribution in [2.24, 2.45) is 0 Å². The third kappa shape index (κ3) is 4.03. The molecule has 0 fully saturated rings. The maximum atomic E-state index is 13.3. The van der Waals surface area contributed by atoms with E-state index in [4.69, 9.17) is 4.42 Å². The average Bonchev–Trinajstić information content (AvgIpc) is 3.12. The molecule has 0 amide bonds. The van der Waals surface area contributed by atoms with Crippen molar-refractivity contribution in [3.63, 3.8) is 0 Å². The Morgan fingerprint density at radius 1 is 1.00 bits per heavy atom. The number of hydrogen-bond donors (Lipinski definition) is 0. The minimum absolute atomic E-state index is 0.193. The third-order valence-corrected chi connectivity index (χ3v) is 4.08. The standard InChI is InChI=1S/C17H16FNOS/c18-15-5-1-4-14(10-15)11-19(12-16-6-2-8-20-16)13-17-7-3-9-21-17/h1-10H,11-13H2. The Morgan fingerprint density at radius 3 is 2.67 bits per heavy atom. The topological polar surface area (TPSA) is 16.4 Å². The lowest BCUT2D eigenvalue weighted by molar-refractivity contribution is 0.228. The second-order valence-electron chi connectivity index (χ2n) is 4.93. The van der Waals surface area contributed by atoms with Gasteiger partial charge in [0.2, 0.25) is 0 Å². The van der Waals surface area contributed by atoms with Crippen LogP contribution in [-0.4, -0.2) is 4.90 Å². The Morgan fingerprint density at radius 2 is 1.95 bits per heavy atom. The Kier molecular flexibility index (Phi) is 4.48. The van der Waals surface area contributed by atoms with E-state index in [0.29, 0.717) is 13.1 Å². The van der Waals surface area contributed by atoms with Gasteiger partial charge >= 0.3 is 0 Å². The molecule has 2 nitrogen and oxygen atoms in total. The summed E-state index contributed by atoms with van der Waals surface area (Å²) in [5.74, 6) is 0.726. The smallest absolute Gasteiger partial charge is 0.123 e. The van der Waals surface area contributed by atoms with Crippen LogP contribution in [0.3, 0.4) is 0 Å². The quantitative estimate of drug-likeness (QED) is 0.657. The summed E-state index contributed by atoms with van der Waals surface area (Å²) in [4.78, 5) is 3.54. The van der Waals surface area contributed by atoms with Crippen molar-refractivity contribution in [1.82, 2.24) is 4.90 Å². The molecule has 4 heteroatoms. The molecule has 3 aromatic rings. The summed E-state index contributed by atoms with van der Waals surface area (Å²) in [6.07, 6.45) is 1.68. The van der Waals surface area contributed by atoms with Gasteiger partial charge in [0.05, 0.1) is 12.8 Å². The molecule has 0 aliphatic carbocycles. The molecule has 0 saturated carbocycles. The van der Waals surface area contributed by atoms with E-state index in [2.05, 4.69) is 16.3 Å².